The molecule has 0 aliphatic heterocycles. The molecule has 3 aromatic carbocycles. The molecule has 34 heavy (non-hydrogen) atoms. The van der Waals surface area contributed by atoms with Crippen LogP contribution in [-0.4, -0.2) is 32.6 Å². The van der Waals surface area contributed by atoms with E-state index in [-0.39, 0.29) is 17.5 Å². The number of hydrogen-bond donors (Lipinski definition) is 2. The van der Waals surface area contributed by atoms with E-state index in [4.69, 9.17) is 10.6 Å². The number of benzene rings is 3. The van der Waals surface area contributed by atoms with E-state index in [1.54, 1.807) is 18.3 Å². The molecule has 0 atom stereocenters. The van der Waals surface area contributed by atoms with Crippen LogP contribution in [0.25, 0.3) is 0 Å². The maximum Gasteiger partial charge on any atom is 0.264 e. The lowest BCUT2D eigenvalue weighted by atomic mass is 10.2. The number of aromatic nitrogens is 3. The number of nitrogens with one attached hydrogen (secondary N) is 1. The number of carbonyl (C=O) groups is 1. The van der Waals surface area contributed by atoms with Gasteiger partial charge in [-0.3, -0.25) is 4.79 Å². The van der Waals surface area contributed by atoms with Gasteiger partial charge in [0.25, 0.3) is 5.95 Å². The number of nitrogens with zero attached hydrogens (tertiary/aromatic N) is 4. The van der Waals surface area contributed by atoms with Gasteiger partial charge in [0, 0.05) is 15.6 Å². The first-order chi connectivity index (χ1) is 16.6. The molecule has 1 heterocycles. The number of Topliss-reactive ketones (excluding diaryl/α,β-unsaturated/α-hetero) is 1. The molecule has 0 bridgehead atoms. The molecule has 4 rings (SSSR count). The van der Waals surface area contributed by atoms with Crippen molar-refractivity contribution >= 4 is 45.6 Å². The molecule has 0 radical (unpaired) electrons. The van der Waals surface area contributed by atoms with Crippen LogP contribution in [0.5, 0.6) is 5.75 Å². The highest BCUT2D eigenvalue weighted by Gasteiger charge is 2.13. The zero-order valence-corrected chi connectivity index (χ0v) is 20.4. The van der Waals surface area contributed by atoms with Crippen molar-refractivity contribution in [1.82, 2.24) is 14.9 Å². The van der Waals surface area contributed by atoms with Crippen LogP contribution in [-0.2, 0) is 6.61 Å². The predicted octanol–water partition coefficient (Wildman–Crippen LogP) is 4.75. The lowest BCUT2D eigenvalue weighted by Gasteiger charge is -2.09. The predicted molar refractivity (Wildman–Crippen MR) is 138 cm³/mol. The Balaban J connectivity index is 1.34. The average molecular weight is 537 g/mol. The fourth-order valence-electron chi connectivity index (χ4n) is 2.91. The minimum absolute atomic E-state index is 0.0276. The molecule has 0 fully saturated rings. The molecule has 3 N–H and O–H groups in total. The standard InChI is InChI=1S/C24H21BrN6O2S/c25-20-12-10-18(11-13-20)21(32)16-34-24-30-29-23(31(24)26)28-27-14-19-8-4-5-9-22(19)33-15-17-6-2-1-3-7-17/h1-14H,15-16,26H2,(H,28,29)/b27-14+. The summed E-state index contributed by atoms with van der Waals surface area (Å²) in [6, 6.07) is 24.7. The summed E-state index contributed by atoms with van der Waals surface area (Å²) < 4.78 is 8.11. The maximum atomic E-state index is 12.4. The van der Waals surface area contributed by atoms with Gasteiger partial charge in [0.1, 0.15) is 12.4 Å². The highest BCUT2D eigenvalue weighted by Crippen LogP contribution is 2.20. The van der Waals surface area contributed by atoms with Crippen molar-refractivity contribution in [2.75, 3.05) is 17.0 Å². The lowest BCUT2D eigenvalue weighted by Crippen LogP contribution is -2.14. The molecule has 0 aliphatic rings. The number of anilines is 1. The Morgan fingerprint density at radius 3 is 2.59 bits per heavy atom. The van der Waals surface area contributed by atoms with Crippen LogP contribution in [0.15, 0.2) is 93.6 Å². The summed E-state index contributed by atoms with van der Waals surface area (Å²) in [5.74, 6) is 7.17. The monoisotopic (exact) mass is 536 g/mol. The van der Waals surface area contributed by atoms with Crippen molar-refractivity contribution in [3.63, 3.8) is 0 Å². The fourth-order valence-corrected chi connectivity index (χ4v) is 3.93. The second-order valence-electron chi connectivity index (χ2n) is 7.08. The Bertz CT molecular complexity index is 1280. The number of nitrogen functional groups attached to an aromatic ring is 1. The average Bonchev–Trinajstić information content (AvgIpc) is 3.22. The molecule has 0 saturated carbocycles. The number of ketones is 1. The Morgan fingerprint density at radius 1 is 1.06 bits per heavy atom. The second kappa shape index (κ2) is 11.5. The topological polar surface area (TPSA) is 107 Å². The molecular weight excluding hydrogens is 516 g/mol. The van der Waals surface area contributed by atoms with Crippen molar-refractivity contribution in [1.29, 1.82) is 0 Å². The van der Waals surface area contributed by atoms with Gasteiger partial charge in [-0.05, 0) is 29.8 Å². The smallest absolute Gasteiger partial charge is 0.264 e. The van der Waals surface area contributed by atoms with Gasteiger partial charge in [0.15, 0.2) is 5.78 Å². The maximum absolute atomic E-state index is 12.4. The number of thioether (sulfide) groups is 1. The quantitative estimate of drug-likeness (QED) is 0.0988. The van der Waals surface area contributed by atoms with Crippen LogP contribution in [0.1, 0.15) is 21.5 Å². The number of halogens is 1. The number of rotatable bonds is 10. The zero-order valence-electron chi connectivity index (χ0n) is 18.0. The number of ether oxygens (including phenoxy) is 1. The Hall–Kier alpha value is -3.63. The first kappa shape index (κ1) is 23.5. The van der Waals surface area contributed by atoms with E-state index in [2.05, 4.69) is 36.7 Å². The van der Waals surface area contributed by atoms with Crippen LogP contribution in [0.3, 0.4) is 0 Å². The number of nitrogens with two attached hydrogens (primary N) is 1. The summed E-state index contributed by atoms with van der Waals surface area (Å²) in [5.41, 5.74) is 5.27. The fraction of sp³-hybridized carbons (Fsp3) is 0.0833. The number of hydrogen-bond acceptors (Lipinski definition) is 8. The lowest BCUT2D eigenvalue weighted by molar-refractivity contribution is 0.102. The van der Waals surface area contributed by atoms with Crippen molar-refractivity contribution in [3.8, 4) is 5.75 Å². The van der Waals surface area contributed by atoms with Gasteiger partial charge in [-0.15, -0.1) is 10.2 Å². The van der Waals surface area contributed by atoms with Crippen LogP contribution in [0.4, 0.5) is 5.95 Å². The first-order valence-electron chi connectivity index (χ1n) is 10.3. The summed E-state index contributed by atoms with van der Waals surface area (Å²) in [6.07, 6.45) is 1.62. The Labute approximate surface area is 209 Å². The molecule has 0 amide bonds. The number of para-hydroxylation sites is 1. The van der Waals surface area contributed by atoms with Crippen LogP contribution < -0.4 is 16.0 Å². The van der Waals surface area contributed by atoms with Crippen molar-refractivity contribution in [2.45, 2.75) is 11.8 Å². The third-order valence-electron chi connectivity index (χ3n) is 4.69. The number of carbonyl (C=O) groups excluding carboxylic acids is 1. The van der Waals surface area contributed by atoms with E-state index in [1.165, 1.54) is 16.4 Å². The minimum Gasteiger partial charge on any atom is -0.488 e. The van der Waals surface area contributed by atoms with Gasteiger partial charge in [-0.1, -0.05) is 82.3 Å². The van der Waals surface area contributed by atoms with E-state index in [9.17, 15) is 4.79 Å². The molecular formula is C24H21BrN6O2S. The van der Waals surface area contributed by atoms with Crippen molar-refractivity contribution in [2.24, 2.45) is 5.10 Å². The molecule has 0 aliphatic carbocycles. The van der Waals surface area contributed by atoms with Gasteiger partial charge in [-0.25, -0.2) is 10.1 Å². The van der Waals surface area contributed by atoms with Gasteiger partial charge in [0.05, 0.1) is 12.0 Å². The summed E-state index contributed by atoms with van der Waals surface area (Å²) in [5, 5.41) is 12.6. The molecule has 0 saturated heterocycles. The molecule has 8 nitrogen and oxygen atoms in total. The van der Waals surface area contributed by atoms with E-state index >= 15 is 0 Å². The molecule has 10 heteroatoms. The zero-order chi connectivity index (χ0) is 23.8. The van der Waals surface area contributed by atoms with Crippen molar-refractivity contribution in [3.05, 3.63) is 100 Å². The third-order valence-corrected chi connectivity index (χ3v) is 6.16. The summed E-state index contributed by atoms with van der Waals surface area (Å²) in [4.78, 5) is 12.4. The van der Waals surface area contributed by atoms with Gasteiger partial charge in [0.2, 0.25) is 5.16 Å². The van der Waals surface area contributed by atoms with Crippen LogP contribution in [0, 0.1) is 0 Å². The van der Waals surface area contributed by atoms with Gasteiger partial charge >= 0.3 is 0 Å². The summed E-state index contributed by atoms with van der Waals surface area (Å²) in [7, 11) is 0. The number of hydrazone groups is 1. The van der Waals surface area contributed by atoms with E-state index in [0.29, 0.717) is 23.1 Å². The highest BCUT2D eigenvalue weighted by molar-refractivity contribution is 9.10. The van der Waals surface area contributed by atoms with E-state index in [1.807, 2.05) is 66.7 Å². The van der Waals surface area contributed by atoms with Crippen molar-refractivity contribution < 1.29 is 9.53 Å². The third kappa shape index (κ3) is 6.24. The Morgan fingerprint density at radius 2 is 1.79 bits per heavy atom. The summed E-state index contributed by atoms with van der Waals surface area (Å²) >= 11 is 4.56. The highest BCUT2D eigenvalue weighted by atomic mass is 79.9. The Kier molecular flexibility index (Phi) is 7.95. The minimum atomic E-state index is -0.0276. The first-order valence-corrected chi connectivity index (χ1v) is 12.0. The molecule has 1 aromatic heterocycles. The van der Waals surface area contributed by atoms with E-state index < -0.39 is 0 Å². The second-order valence-corrected chi connectivity index (χ2v) is 8.94. The van der Waals surface area contributed by atoms with Crippen LogP contribution in [0.2, 0.25) is 0 Å². The van der Waals surface area contributed by atoms with Crippen LogP contribution >= 0.6 is 27.7 Å². The molecule has 0 unspecified atom stereocenters. The summed E-state index contributed by atoms with van der Waals surface area (Å²) in [6.45, 7) is 0.454. The van der Waals surface area contributed by atoms with Gasteiger partial charge < -0.3 is 10.6 Å². The molecule has 4 aromatic rings. The SMILES string of the molecule is Nn1c(N/N=C/c2ccccc2OCc2ccccc2)nnc1SCC(=O)c1ccc(Br)cc1. The van der Waals surface area contributed by atoms with E-state index in [0.717, 1.165) is 15.6 Å². The largest absolute Gasteiger partial charge is 0.488 e. The van der Waals surface area contributed by atoms with Gasteiger partial charge in [-0.2, -0.15) is 5.10 Å². The normalized spacial score (nSPS) is 11.0. The molecule has 0 spiro atoms. The molecule has 172 valence electrons.